The fraction of sp³-hybridized carbons (Fsp3) is 0.941. The van der Waals surface area contributed by atoms with E-state index in [2.05, 4.69) is 24.2 Å². The molecule has 2 saturated carbocycles. The molecule has 0 saturated heterocycles. The number of hydrogen-bond acceptors (Lipinski definition) is 3. The molecule has 0 aromatic carbocycles. The monoisotopic (exact) mass is 296 g/mol. The van der Waals surface area contributed by atoms with Crippen LogP contribution in [0.2, 0.25) is 0 Å². The van der Waals surface area contributed by atoms with E-state index in [9.17, 15) is 9.90 Å². The summed E-state index contributed by atoms with van der Waals surface area (Å²) in [5.74, 6) is 0.195. The molecule has 2 fully saturated rings. The van der Waals surface area contributed by atoms with Crippen molar-refractivity contribution in [3.63, 3.8) is 0 Å². The first-order valence-electron chi connectivity index (χ1n) is 8.69. The molecule has 2 rings (SSSR count). The molecule has 0 heterocycles. The lowest BCUT2D eigenvalue weighted by Gasteiger charge is -2.45. The first-order valence-corrected chi connectivity index (χ1v) is 8.69. The highest BCUT2D eigenvalue weighted by molar-refractivity contribution is 5.79. The molecule has 4 heteroatoms. The van der Waals surface area contributed by atoms with Gasteiger partial charge in [-0.1, -0.05) is 13.8 Å². The van der Waals surface area contributed by atoms with Gasteiger partial charge in [0.2, 0.25) is 0 Å². The van der Waals surface area contributed by atoms with E-state index in [0.717, 1.165) is 38.1 Å². The lowest BCUT2D eigenvalue weighted by molar-refractivity contribution is -0.147. The molecular formula is C17H32N2O2. The molecule has 122 valence electrons. The van der Waals surface area contributed by atoms with Crippen LogP contribution < -0.4 is 5.32 Å². The zero-order chi connectivity index (χ0) is 15.5. The van der Waals surface area contributed by atoms with Crippen molar-refractivity contribution >= 4 is 5.97 Å². The molecule has 21 heavy (non-hydrogen) atoms. The third-order valence-corrected chi connectivity index (χ3v) is 5.79. The van der Waals surface area contributed by atoms with Crippen LogP contribution in [-0.4, -0.2) is 47.2 Å². The molecule has 2 N–H and O–H groups in total. The standard InChI is InChI=1S/C17H32N2O2/c1-4-18-17(16(20)21)11-5-6-15(12-17)19(3)14-9-7-13(2)8-10-14/h13-15,18H,4-12H2,1-3H3,(H,20,21). The van der Waals surface area contributed by atoms with Crippen molar-refractivity contribution in [2.24, 2.45) is 5.92 Å². The minimum absolute atomic E-state index is 0.410. The molecule has 0 aromatic rings. The van der Waals surface area contributed by atoms with Crippen molar-refractivity contribution in [3.8, 4) is 0 Å². The van der Waals surface area contributed by atoms with Crippen molar-refractivity contribution in [3.05, 3.63) is 0 Å². The van der Waals surface area contributed by atoms with E-state index in [1.54, 1.807) is 0 Å². The van der Waals surface area contributed by atoms with Crippen LogP contribution in [-0.2, 0) is 4.79 Å². The van der Waals surface area contributed by atoms with Gasteiger partial charge < -0.3 is 15.3 Å². The van der Waals surface area contributed by atoms with Crippen molar-refractivity contribution in [2.45, 2.75) is 82.8 Å². The van der Waals surface area contributed by atoms with Gasteiger partial charge in [0.25, 0.3) is 0 Å². The van der Waals surface area contributed by atoms with E-state index >= 15 is 0 Å². The van der Waals surface area contributed by atoms with Gasteiger partial charge in [-0.15, -0.1) is 0 Å². The molecule has 2 unspecified atom stereocenters. The Labute approximate surface area is 129 Å². The average molecular weight is 296 g/mol. The first kappa shape index (κ1) is 16.8. The van der Waals surface area contributed by atoms with Crippen molar-refractivity contribution < 1.29 is 9.90 Å². The Morgan fingerprint density at radius 3 is 2.48 bits per heavy atom. The Bertz CT molecular complexity index is 349. The summed E-state index contributed by atoms with van der Waals surface area (Å²) in [5.41, 5.74) is -0.701. The topological polar surface area (TPSA) is 52.6 Å². The highest BCUT2D eigenvalue weighted by Gasteiger charge is 2.44. The molecule has 0 aromatic heterocycles. The van der Waals surface area contributed by atoms with Crippen molar-refractivity contribution in [2.75, 3.05) is 13.6 Å². The van der Waals surface area contributed by atoms with E-state index in [4.69, 9.17) is 0 Å². The Morgan fingerprint density at radius 1 is 1.24 bits per heavy atom. The smallest absolute Gasteiger partial charge is 0.323 e. The normalized spacial score (nSPS) is 37.6. The quantitative estimate of drug-likeness (QED) is 0.819. The van der Waals surface area contributed by atoms with Gasteiger partial charge in [-0.05, 0) is 70.9 Å². The number of aliphatic carboxylic acids is 1. The number of carboxylic acid groups (broad SMARTS) is 1. The first-order chi connectivity index (χ1) is 9.98. The highest BCUT2D eigenvalue weighted by Crippen LogP contribution is 2.35. The summed E-state index contributed by atoms with van der Waals surface area (Å²) in [7, 11) is 2.22. The SMILES string of the molecule is CCNC1(C(=O)O)CCCC(N(C)C2CCC(C)CC2)C1. The molecule has 0 spiro atoms. The molecule has 0 bridgehead atoms. The Morgan fingerprint density at radius 2 is 1.90 bits per heavy atom. The maximum Gasteiger partial charge on any atom is 0.323 e. The summed E-state index contributed by atoms with van der Waals surface area (Å²) in [6.07, 6.45) is 8.85. The molecule has 2 atom stereocenters. The van der Waals surface area contributed by atoms with Crippen molar-refractivity contribution in [1.29, 1.82) is 0 Å². The van der Waals surface area contributed by atoms with E-state index in [1.165, 1.54) is 25.7 Å². The van der Waals surface area contributed by atoms with Gasteiger partial charge in [-0.2, -0.15) is 0 Å². The summed E-state index contributed by atoms with van der Waals surface area (Å²) >= 11 is 0. The van der Waals surface area contributed by atoms with Gasteiger partial charge in [0.15, 0.2) is 0 Å². The number of carbonyl (C=O) groups is 1. The Kier molecular flexibility index (Phi) is 5.67. The van der Waals surface area contributed by atoms with E-state index in [-0.39, 0.29) is 0 Å². The lowest BCUT2D eigenvalue weighted by Crippen LogP contribution is -2.59. The fourth-order valence-electron chi connectivity index (χ4n) is 4.31. The number of likely N-dealkylation sites (N-methyl/N-ethyl adjacent to an activating group) is 1. The van der Waals surface area contributed by atoms with Crippen LogP contribution in [0.4, 0.5) is 0 Å². The van der Waals surface area contributed by atoms with Crippen LogP contribution in [0.25, 0.3) is 0 Å². The summed E-state index contributed by atoms with van der Waals surface area (Å²) in [6.45, 7) is 5.07. The van der Waals surface area contributed by atoms with Gasteiger partial charge in [0, 0.05) is 12.1 Å². The second kappa shape index (κ2) is 7.10. The molecule has 0 radical (unpaired) electrons. The molecule has 2 aliphatic carbocycles. The van der Waals surface area contributed by atoms with Crippen LogP contribution in [0.15, 0.2) is 0 Å². The van der Waals surface area contributed by atoms with Gasteiger partial charge in [-0.3, -0.25) is 4.79 Å². The van der Waals surface area contributed by atoms with E-state index in [0.29, 0.717) is 12.1 Å². The number of hydrogen-bond donors (Lipinski definition) is 2. The van der Waals surface area contributed by atoms with Crippen LogP contribution in [0.1, 0.15) is 65.2 Å². The summed E-state index contributed by atoms with van der Waals surface area (Å²) in [5, 5.41) is 12.9. The second-order valence-electron chi connectivity index (χ2n) is 7.25. The Balaban J connectivity index is 2.00. The van der Waals surface area contributed by atoms with Crippen LogP contribution >= 0.6 is 0 Å². The Hall–Kier alpha value is -0.610. The zero-order valence-corrected chi connectivity index (χ0v) is 13.9. The predicted molar refractivity (Wildman–Crippen MR) is 85.5 cm³/mol. The number of carboxylic acids is 1. The zero-order valence-electron chi connectivity index (χ0n) is 13.9. The van der Waals surface area contributed by atoms with Crippen LogP contribution in [0, 0.1) is 5.92 Å². The van der Waals surface area contributed by atoms with Gasteiger partial charge in [0.1, 0.15) is 5.54 Å². The predicted octanol–water partition coefficient (Wildman–Crippen LogP) is 2.87. The number of nitrogens with zero attached hydrogens (tertiary/aromatic N) is 1. The fourth-order valence-corrected chi connectivity index (χ4v) is 4.31. The number of nitrogens with one attached hydrogen (secondary N) is 1. The third kappa shape index (κ3) is 3.78. The van der Waals surface area contributed by atoms with E-state index < -0.39 is 11.5 Å². The van der Waals surface area contributed by atoms with Gasteiger partial charge in [0.05, 0.1) is 0 Å². The summed E-state index contributed by atoms with van der Waals surface area (Å²) in [6, 6.07) is 1.06. The molecular weight excluding hydrogens is 264 g/mol. The van der Waals surface area contributed by atoms with Gasteiger partial charge in [-0.25, -0.2) is 0 Å². The highest BCUT2D eigenvalue weighted by atomic mass is 16.4. The minimum Gasteiger partial charge on any atom is -0.480 e. The van der Waals surface area contributed by atoms with Crippen LogP contribution in [0.5, 0.6) is 0 Å². The molecule has 0 aliphatic heterocycles. The van der Waals surface area contributed by atoms with E-state index in [1.807, 2.05) is 6.92 Å². The molecule has 0 amide bonds. The lowest BCUT2D eigenvalue weighted by atomic mass is 9.77. The minimum atomic E-state index is -0.701. The number of rotatable bonds is 5. The molecule has 4 nitrogen and oxygen atoms in total. The third-order valence-electron chi connectivity index (χ3n) is 5.79. The summed E-state index contributed by atoms with van der Waals surface area (Å²) < 4.78 is 0. The van der Waals surface area contributed by atoms with Crippen LogP contribution in [0.3, 0.4) is 0 Å². The van der Waals surface area contributed by atoms with Crippen molar-refractivity contribution in [1.82, 2.24) is 10.2 Å². The molecule has 2 aliphatic rings. The van der Waals surface area contributed by atoms with Gasteiger partial charge >= 0.3 is 5.97 Å². The average Bonchev–Trinajstić information content (AvgIpc) is 2.48. The maximum atomic E-state index is 11.8. The summed E-state index contributed by atoms with van der Waals surface area (Å²) in [4.78, 5) is 14.3. The maximum absolute atomic E-state index is 11.8. The largest absolute Gasteiger partial charge is 0.480 e. The second-order valence-corrected chi connectivity index (χ2v) is 7.25.